The molecular weight excluding hydrogens is 374 g/mol. The van der Waals surface area contributed by atoms with Crippen molar-refractivity contribution < 1.29 is 9.59 Å². The molecule has 0 aromatic heterocycles. The van der Waals surface area contributed by atoms with Gasteiger partial charge in [0.05, 0.1) is 0 Å². The topological polar surface area (TPSA) is 52.7 Å². The van der Waals surface area contributed by atoms with Gasteiger partial charge in [0.15, 0.2) is 0 Å². The van der Waals surface area contributed by atoms with E-state index >= 15 is 0 Å². The maximum Gasteiger partial charge on any atom is 0.254 e. The second-order valence-electron chi connectivity index (χ2n) is 8.86. The van der Waals surface area contributed by atoms with E-state index in [1.54, 1.807) is 0 Å². The molecule has 3 saturated heterocycles. The second-order valence-corrected chi connectivity index (χ2v) is 8.86. The fraction of sp³-hybridized carbons (Fsp3) is 0.636. The Morgan fingerprint density at radius 1 is 0.929 bits per heavy atom. The van der Waals surface area contributed by atoms with Crippen LogP contribution in [0.1, 0.15) is 42.5 Å². The number of nitrogens with one attached hydrogen (secondary N) is 1. The minimum absolute atomic E-state index is 0. The number of hydrogen-bond acceptors (Lipinski definition) is 3. The quantitative estimate of drug-likeness (QED) is 0.825. The summed E-state index contributed by atoms with van der Waals surface area (Å²) in [7, 11) is 0. The highest BCUT2D eigenvalue weighted by Crippen LogP contribution is 2.41. The van der Waals surface area contributed by atoms with Gasteiger partial charge in [-0.2, -0.15) is 0 Å². The Bertz CT molecular complexity index is 716. The van der Waals surface area contributed by atoms with E-state index in [0.29, 0.717) is 23.3 Å². The molecule has 0 bridgehead atoms. The molecule has 3 aliphatic heterocycles. The van der Waals surface area contributed by atoms with Crippen LogP contribution in [0, 0.1) is 17.8 Å². The fourth-order valence-corrected chi connectivity index (χ4v) is 5.95. The number of fused-ring (bicyclic) bond motifs is 2. The van der Waals surface area contributed by atoms with Crippen molar-refractivity contribution in [2.45, 2.75) is 44.2 Å². The Kier molecular flexibility index (Phi) is 5.66. The lowest BCUT2D eigenvalue weighted by Crippen LogP contribution is -2.50. The summed E-state index contributed by atoms with van der Waals surface area (Å²) in [6.45, 7) is 3.76. The standard InChI is InChI=1S/C22H29N3O2.ClH/c26-21(15-6-2-1-3-7-15)25-19-9-5-4-8-16(19)10-20(25)22(27)24-13-17-11-23-12-18(17)14-24;/h1-3,6-7,16-20,23H,4-5,8-14H2;1H/t16?,17-,18+,19?,20?;. The third kappa shape index (κ3) is 3.33. The fourth-order valence-electron chi connectivity index (χ4n) is 5.95. The number of nitrogens with zero attached hydrogens (tertiary/aromatic N) is 2. The Morgan fingerprint density at radius 2 is 1.61 bits per heavy atom. The predicted octanol–water partition coefficient (Wildman–Crippen LogP) is 2.56. The van der Waals surface area contributed by atoms with Crippen LogP contribution in [-0.2, 0) is 4.79 Å². The molecule has 28 heavy (non-hydrogen) atoms. The minimum Gasteiger partial charge on any atom is -0.340 e. The predicted molar refractivity (Wildman–Crippen MR) is 110 cm³/mol. The molecule has 4 aliphatic rings. The molecule has 152 valence electrons. The summed E-state index contributed by atoms with van der Waals surface area (Å²) < 4.78 is 0. The smallest absolute Gasteiger partial charge is 0.254 e. The summed E-state index contributed by atoms with van der Waals surface area (Å²) >= 11 is 0. The molecular formula is C22H30ClN3O2. The van der Waals surface area contributed by atoms with Gasteiger partial charge >= 0.3 is 0 Å². The summed E-state index contributed by atoms with van der Waals surface area (Å²) in [4.78, 5) is 30.9. The van der Waals surface area contributed by atoms with Crippen LogP contribution in [0.3, 0.4) is 0 Å². The van der Waals surface area contributed by atoms with Crippen LogP contribution in [0.25, 0.3) is 0 Å². The van der Waals surface area contributed by atoms with Crippen LogP contribution in [-0.4, -0.2) is 59.9 Å². The summed E-state index contributed by atoms with van der Waals surface area (Å²) in [6, 6.07) is 9.49. The lowest BCUT2D eigenvalue weighted by Gasteiger charge is -2.34. The van der Waals surface area contributed by atoms with E-state index in [4.69, 9.17) is 0 Å². The number of halogens is 1. The molecule has 5 rings (SSSR count). The van der Waals surface area contributed by atoms with Crippen molar-refractivity contribution in [1.29, 1.82) is 0 Å². The van der Waals surface area contributed by atoms with Gasteiger partial charge < -0.3 is 15.1 Å². The molecule has 3 heterocycles. The average Bonchev–Trinajstić information content (AvgIpc) is 3.40. The van der Waals surface area contributed by atoms with Crippen LogP contribution in [0.4, 0.5) is 0 Å². The monoisotopic (exact) mass is 403 g/mol. The van der Waals surface area contributed by atoms with E-state index in [0.717, 1.165) is 45.4 Å². The van der Waals surface area contributed by atoms with Crippen molar-refractivity contribution in [2.75, 3.05) is 26.2 Å². The molecule has 1 aliphatic carbocycles. The maximum atomic E-state index is 13.5. The van der Waals surface area contributed by atoms with Gasteiger partial charge in [-0.3, -0.25) is 9.59 Å². The van der Waals surface area contributed by atoms with Crippen molar-refractivity contribution in [1.82, 2.24) is 15.1 Å². The highest BCUT2D eigenvalue weighted by Gasteiger charge is 2.50. The van der Waals surface area contributed by atoms with Gasteiger partial charge in [0.25, 0.3) is 5.91 Å². The molecule has 1 aromatic carbocycles. The molecule has 4 fully saturated rings. The second kappa shape index (κ2) is 8.03. The molecule has 1 aromatic rings. The number of hydrogen-bond donors (Lipinski definition) is 1. The number of rotatable bonds is 2. The molecule has 1 saturated carbocycles. The van der Waals surface area contributed by atoms with E-state index in [1.807, 2.05) is 35.2 Å². The van der Waals surface area contributed by atoms with Crippen molar-refractivity contribution in [2.24, 2.45) is 17.8 Å². The zero-order valence-corrected chi connectivity index (χ0v) is 17.1. The molecule has 2 amide bonds. The van der Waals surface area contributed by atoms with Crippen molar-refractivity contribution in [3.8, 4) is 0 Å². The van der Waals surface area contributed by atoms with Crippen LogP contribution < -0.4 is 5.32 Å². The van der Waals surface area contributed by atoms with Crippen LogP contribution in [0.15, 0.2) is 30.3 Å². The van der Waals surface area contributed by atoms with E-state index in [9.17, 15) is 9.59 Å². The van der Waals surface area contributed by atoms with E-state index in [2.05, 4.69) is 10.2 Å². The Morgan fingerprint density at radius 3 is 2.32 bits per heavy atom. The first-order valence-corrected chi connectivity index (χ1v) is 10.6. The zero-order valence-electron chi connectivity index (χ0n) is 16.3. The lowest BCUT2D eigenvalue weighted by atomic mass is 9.84. The van der Waals surface area contributed by atoms with Gasteiger partial charge in [0.1, 0.15) is 6.04 Å². The van der Waals surface area contributed by atoms with Gasteiger partial charge in [-0.15, -0.1) is 12.4 Å². The van der Waals surface area contributed by atoms with Gasteiger partial charge in [0, 0.05) is 37.8 Å². The molecule has 1 N–H and O–H groups in total. The minimum atomic E-state index is -0.266. The zero-order chi connectivity index (χ0) is 18.4. The number of likely N-dealkylation sites (tertiary alicyclic amines) is 2. The highest BCUT2D eigenvalue weighted by molar-refractivity contribution is 5.98. The average molecular weight is 404 g/mol. The summed E-state index contributed by atoms with van der Waals surface area (Å²) in [5.74, 6) is 1.92. The van der Waals surface area contributed by atoms with Gasteiger partial charge in [0.2, 0.25) is 5.91 Å². The van der Waals surface area contributed by atoms with Crippen molar-refractivity contribution in [3.63, 3.8) is 0 Å². The first-order chi connectivity index (χ1) is 13.2. The van der Waals surface area contributed by atoms with Crippen molar-refractivity contribution >= 4 is 24.2 Å². The van der Waals surface area contributed by atoms with Crippen LogP contribution >= 0.6 is 12.4 Å². The number of carbonyl (C=O) groups excluding carboxylic acids is 2. The highest BCUT2D eigenvalue weighted by atomic mass is 35.5. The first-order valence-electron chi connectivity index (χ1n) is 10.6. The maximum absolute atomic E-state index is 13.5. The molecule has 5 nitrogen and oxygen atoms in total. The normalized spacial score (nSPS) is 33.9. The molecule has 0 radical (unpaired) electrons. The summed E-state index contributed by atoms with van der Waals surface area (Å²) in [6.07, 6.45) is 5.45. The third-order valence-corrected chi connectivity index (χ3v) is 7.33. The molecule has 0 spiro atoms. The van der Waals surface area contributed by atoms with E-state index in [-0.39, 0.29) is 36.3 Å². The van der Waals surface area contributed by atoms with E-state index in [1.165, 1.54) is 12.8 Å². The van der Waals surface area contributed by atoms with Crippen LogP contribution in [0.5, 0.6) is 0 Å². The van der Waals surface area contributed by atoms with Crippen LogP contribution in [0.2, 0.25) is 0 Å². The number of benzene rings is 1. The first kappa shape index (κ1) is 19.7. The Balaban J connectivity index is 0.00000192. The Labute approximate surface area is 173 Å². The Hall–Kier alpha value is -1.59. The molecule has 5 atom stereocenters. The third-order valence-electron chi connectivity index (χ3n) is 7.33. The SMILES string of the molecule is Cl.O=C(C1CC2CCCCC2N1C(=O)c1ccccc1)N1C[C@H]2CNC[C@H]2C1. The summed E-state index contributed by atoms with van der Waals surface area (Å²) in [5, 5.41) is 3.44. The largest absolute Gasteiger partial charge is 0.340 e. The summed E-state index contributed by atoms with van der Waals surface area (Å²) in [5.41, 5.74) is 0.712. The lowest BCUT2D eigenvalue weighted by molar-refractivity contribution is -0.134. The number of carbonyl (C=O) groups is 2. The molecule has 6 heteroatoms. The van der Waals surface area contributed by atoms with E-state index < -0.39 is 0 Å². The van der Waals surface area contributed by atoms with Gasteiger partial charge in [-0.25, -0.2) is 0 Å². The number of amides is 2. The van der Waals surface area contributed by atoms with Gasteiger partial charge in [-0.05, 0) is 49.1 Å². The van der Waals surface area contributed by atoms with Crippen molar-refractivity contribution in [3.05, 3.63) is 35.9 Å². The molecule has 3 unspecified atom stereocenters. The van der Waals surface area contributed by atoms with Gasteiger partial charge in [-0.1, -0.05) is 31.0 Å².